The Morgan fingerprint density at radius 3 is 2.42 bits per heavy atom. The van der Waals surface area contributed by atoms with Gasteiger partial charge < -0.3 is 10.6 Å². The van der Waals surface area contributed by atoms with Gasteiger partial charge in [-0.15, -0.1) is 0 Å². The number of hydrogen-bond donors (Lipinski definition) is 1. The molecule has 2 N–H and O–H groups in total. The van der Waals surface area contributed by atoms with Crippen LogP contribution in [0.3, 0.4) is 0 Å². The van der Waals surface area contributed by atoms with E-state index in [0.29, 0.717) is 6.54 Å². The summed E-state index contributed by atoms with van der Waals surface area (Å²) in [5.74, 6) is -1.33. The van der Waals surface area contributed by atoms with Gasteiger partial charge in [0.1, 0.15) is 5.82 Å². The third-order valence-corrected chi connectivity index (χ3v) is 4.31. The second-order valence-electron chi connectivity index (χ2n) is 5.91. The highest BCUT2D eigenvalue weighted by molar-refractivity contribution is 6.04. The van der Waals surface area contributed by atoms with E-state index < -0.39 is 5.91 Å². The molecular formula is C17H17FN4O2. The van der Waals surface area contributed by atoms with E-state index in [4.69, 9.17) is 5.73 Å². The summed E-state index contributed by atoms with van der Waals surface area (Å²) in [6, 6.07) is 6.27. The number of amides is 2. The fourth-order valence-corrected chi connectivity index (χ4v) is 3.10. The molecule has 1 aliphatic heterocycles. The lowest BCUT2D eigenvalue weighted by Gasteiger charge is -2.21. The fraction of sp³-hybridized carbons (Fsp3) is 0.294. The van der Waals surface area contributed by atoms with Crippen LogP contribution in [-0.2, 0) is 0 Å². The van der Waals surface area contributed by atoms with Crippen LogP contribution in [0.1, 0.15) is 45.8 Å². The van der Waals surface area contributed by atoms with Gasteiger partial charge in [0.2, 0.25) is 0 Å². The van der Waals surface area contributed by atoms with Crippen LogP contribution in [0.15, 0.2) is 36.7 Å². The number of hydrogen-bond acceptors (Lipinski definition) is 4. The Bertz CT molecular complexity index is 778. The van der Waals surface area contributed by atoms with Crippen molar-refractivity contribution in [3.63, 3.8) is 0 Å². The topological polar surface area (TPSA) is 89.2 Å². The minimum Gasteiger partial charge on any atom is -0.364 e. The van der Waals surface area contributed by atoms with Crippen molar-refractivity contribution in [1.82, 2.24) is 14.9 Å². The van der Waals surface area contributed by atoms with Crippen molar-refractivity contribution in [2.75, 3.05) is 6.54 Å². The molecule has 0 bridgehead atoms. The van der Waals surface area contributed by atoms with E-state index in [1.165, 1.54) is 24.5 Å². The summed E-state index contributed by atoms with van der Waals surface area (Å²) in [6.45, 7) is 2.40. The number of halogens is 1. The van der Waals surface area contributed by atoms with Crippen LogP contribution in [-0.4, -0.2) is 39.3 Å². The van der Waals surface area contributed by atoms with E-state index in [9.17, 15) is 14.0 Å². The number of nitrogens with two attached hydrogens (primary N) is 1. The van der Waals surface area contributed by atoms with E-state index in [0.717, 1.165) is 12.0 Å². The van der Waals surface area contributed by atoms with E-state index in [2.05, 4.69) is 9.97 Å². The van der Waals surface area contributed by atoms with Gasteiger partial charge >= 0.3 is 0 Å². The Hall–Kier alpha value is -2.83. The molecule has 1 aromatic carbocycles. The first-order valence-corrected chi connectivity index (χ1v) is 7.64. The molecule has 2 heterocycles. The van der Waals surface area contributed by atoms with E-state index in [-0.39, 0.29) is 35.1 Å². The second kappa shape index (κ2) is 6.35. The zero-order valence-corrected chi connectivity index (χ0v) is 13.1. The number of likely N-dealkylation sites (tertiary alicyclic amines) is 1. The molecule has 2 atom stereocenters. The number of benzene rings is 1. The molecule has 3 rings (SSSR count). The van der Waals surface area contributed by atoms with Crippen molar-refractivity contribution >= 4 is 11.8 Å². The summed E-state index contributed by atoms with van der Waals surface area (Å²) in [7, 11) is 0. The van der Waals surface area contributed by atoms with Crippen LogP contribution in [0.5, 0.6) is 0 Å². The Labute approximate surface area is 138 Å². The fourth-order valence-electron chi connectivity index (χ4n) is 3.10. The van der Waals surface area contributed by atoms with Crippen LogP contribution < -0.4 is 5.73 Å². The standard InChI is InChI=1S/C17H17FN4O2/c1-10-8-12(11-2-4-13(18)5-3-11)9-22(10)17(24)15-14(16(19)23)20-6-7-21-15/h2-7,10,12H,8-9H2,1H3,(H2,19,23)/t10-,12-/m1/s1. The molecular weight excluding hydrogens is 311 g/mol. The highest BCUT2D eigenvalue weighted by atomic mass is 19.1. The van der Waals surface area contributed by atoms with Gasteiger partial charge in [-0.3, -0.25) is 9.59 Å². The molecule has 24 heavy (non-hydrogen) atoms. The SMILES string of the molecule is C[C@@H]1C[C@@H](c2ccc(F)cc2)CN1C(=O)c1nccnc1C(N)=O. The summed E-state index contributed by atoms with van der Waals surface area (Å²) in [5, 5.41) is 0. The monoisotopic (exact) mass is 328 g/mol. The molecule has 1 fully saturated rings. The van der Waals surface area contributed by atoms with Crippen molar-refractivity contribution in [2.45, 2.75) is 25.3 Å². The number of carbonyl (C=O) groups excluding carboxylic acids is 2. The van der Waals surface area contributed by atoms with Crippen LogP contribution in [0.2, 0.25) is 0 Å². The minimum absolute atomic E-state index is 0.0309. The highest BCUT2D eigenvalue weighted by Crippen LogP contribution is 2.32. The number of primary amides is 1. The zero-order valence-electron chi connectivity index (χ0n) is 13.1. The molecule has 6 nitrogen and oxygen atoms in total. The normalized spacial score (nSPS) is 20.2. The second-order valence-corrected chi connectivity index (χ2v) is 5.91. The first-order chi connectivity index (χ1) is 11.5. The Morgan fingerprint density at radius 1 is 1.17 bits per heavy atom. The van der Waals surface area contributed by atoms with Crippen molar-refractivity contribution in [1.29, 1.82) is 0 Å². The van der Waals surface area contributed by atoms with Gasteiger partial charge in [-0.05, 0) is 31.0 Å². The van der Waals surface area contributed by atoms with Crippen molar-refractivity contribution in [3.8, 4) is 0 Å². The lowest BCUT2D eigenvalue weighted by molar-refractivity contribution is 0.0733. The molecule has 2 amide bonds. The minimum atomic E-state index is -0.784. The van der Waals surface area contributed by atoms with E-state index in [1.807, 2.05) is 6.92 Å². The predicted molar refractivity (Wildman–Crippen MR) is 84.8 cm³/mol. The van der Waals surface area contributed by atoms with Crippen molar-refractivity contribution < 1.29 is 14.0 Å². The largest absolute Gasteiger partial charge is 0.364 e. The quantitative estimate of drug-likeness (QED) is 0.929. The summed E-state index contributed by atoms with van der Waals surface area (Å²) in [5.41, 5.74) is 6.09. The molecule has 7 heteroatoms. The smallest absolute Gasteiger partial charge is 0.275 e. The van der Waals surface area contributed by atoms with Gasteiger partial charge in [0.15, 0.2) is 11.4 Å². The van der Waals surface area contributed by atoms with E-state index >= 15 is 0 Å². The molecule has 0 unspecified atom stereocenters. The third kappa shape index (κ3) is 2.97. The molecule has 0 saturated carbocycles. The van der Waals surface area contributed by atoms with Crippen molar-refractivity contribution in [2.24, 2.45) is 5.73 Å². The molecule has 2 aromatic rings. The van der Waals surface area contributed by atoms with Crippen LogP contribution in [0, 0.1) is 5.82 Å². The van der Waals surface area contributed by atoms with Crippen molar-refractivity contribution in [3.05, 3.63) is 59.4 Å². The summed E-state index contributed by atoms with van der Waals surface area (Å²) >= 11 is 0. The molecule has 124 valence electrons. The summed E-state index contributed by atoms with van der Waals surface area (Å²) < 4.78 is 13.1. The van der Waals surface area contributed by atoms with Gasteiger partial charge in [-0.25, -0.2) is 14.4 Å². The molecule has 0 radical (unpaired) electrons. The maximum atomic E-state index is 13.1. The molecule has 0 aliphatic carbocycles. The van der Waals surface area contributed by atoms with Gasteiger partial charge in [-0.1, -0.05) is 12.1 Å². The highest BCUT2D eigenvalue weighted by Gasteiger charge is 2.35. The number of nitrogens with zero attached hydrogens (tertiary/aromatic N) is 3. The average Bonchev–Trinajstić information content (AvgIpc) is 2.96. The number of carbonyl (C=O) groups is 2. The number of rotatable bonds is 3. The van der Waals surface area contributed by atoms with Crippen LogP contribution in [0.4, 0.5) is 4.39 Å². The van der Waals surface area contributed by atoms with Crippen LogP contribution in [0.25, 0.3) is 0 Å². The molecule has 1 aromatic heterocycles. The lowest BCUT2D eigenvalue weighted by atomic mass is 9.97. The molecule has 1 aliphatic rings. The predicted octanol–water partition coefficient (Wildman–Crippen LogP) is 1.73. The average molecular weight is 328 g/mol. The molecule has 0 spiro atoms. The maximum Gasteiger partial charge on any atom is 0.275 e. The first kappa shape index (κ1) is 16.0. The maximum absolute atomic E-state index is 13.1. The Kier molecular flexibility index (Phi) is 4.24. The molecule has 1 saturated heterocycles. The summed E-state index contributed by atoms with van der Waals surface area (Å²) in [4.78, 5) is 33.7. The summed E-state index contributed by atoms with van der Waals surface area (Å²) in [6.07, 6.45) is 3.44. The van der Waals surface area contributed by atoms with Gasteiger partial charge in [-0.2, -0.15) is 0 Å². The Balaban J connectivity index is 1.84. The van der Waals surface area contributed by atoms with Gasteiger partial charge in [0, 0.05) is 30.9 Å². The van der Waals surface area contributed by atoms with Gasteiger partial charge in [0.25, 0.3) is 11.8 Å². The zero-order chi connectivity index (χ0) is 17.3. The van der Waals surface area contributed by atoms with Gasteiger partial charge in [0.05, 0.1) is 0 Å². The van der Waals surface area contributed by atoms with Crippen LogP contribution >= 0.6 is 0 Å². The first-order valence-electron chi connectivity index (χ1n) is 7.64. The third-order valence-electron chi connectivity index (χ3n) is 4.31. The lowest BCUT2D eigenvalue weighted by Crippen LogP contribution is -2.36. The van der Waals surface area contributed by atoms with E-state index in [1.54, 1.807) is 17.0 Å². The number of aromatic nitrogens is 2. The Morgan fingerprint density at radius 2 is 1.79 bits per heavy atom.